The highest BCUT2D eigenvalue weighted by Gasteiger charge is 2.39. The summed E-state index contributed by atoms with van der Waals surface area (Å²) in [5.41, 5.74) is 1.60. The van der Waals surface area contributed by atoms with Crippen molar-refractivity contribution in [3.05, 3.63) is 77.4 Å². The predicted molar refractivity (Wildman–Crippen MR) is 111 cm³/mol. The van der Waals surface area contributed by atoms with E-state index in [9.17, 15) is 22.8 Å². The summed E-state index contributed by atoms with van der Waals surface area (Å²) in [5.74, 6) is -1.07. The van der Waals surface area contributed by atoms with Gasteiger partial charge in [0.05, 0.1) is 30.4 Å². The summed E-state index contributed by atoms with van der Waals surface area (Å²) in [5, 5.41) is 2.67. The van der Waals surface area contributed by atoms with Crippen LogP contribution in [0.2, 0.25) is 0 Å². The maximum atomic E-state index is 13.3. The van der Waals surface area contributed by atoms with Gasteiger partial charge in [0.25, 0.3) is 0 Å². The number of urea groups is 1. The van der Waals surface area contributed by atoms with Gasteiger partial charge in [-0.15, -0.1) is 13.2 Å². The molecule has 8 nitrogen and oxygen atoms in total. The molecule has 0 saturated heterocycles. The summed E-state index contributed by atoms with van der Waals surface area (Å²) < 4.78 is 48.1. The first kappa shape index (κ1) is 22.2. The molecule has 0 bridgehead atoms. The van der Waals surface area contributed by atoms with E-state index in [0.717, 1.165) is 0 Å². The normalized spacial score (nSPS) is 15.5. The number of methoxy groups -OCH3 is 1. The van der Waals surface area contributed by atoms with Crippen molar-refractivity contribution in [2.45, 2.75) is 18.8 Å². The van der Waals surface area contributed by atoms with E-state index >= 15 is 0 Å². The number of aromatic amines is 1. The number of ether oxygens (including phenoxy) is 2. The maximum absolute atomic E-state index is 13.3. The van der Waals surface area contributed by atoms with E-state index in [-0.39, 0.29) is 23.4 Å². The highest BCUT2D eigenvalue weighted by Crippen LogP contribution is 2.39. The van der Waals surface area contributed by atoms with Crippen LogP contribution in [-0.2, 0) is 11.2 Å². The van der Waals surface area contributed by atoms with Gasteiger partial charge in [0, 0.05) is 24.2 Å². The van der Waals surface area contributed by atoms with Crippen molar-refractivity contribution in [2.24, 2.45) is 0 Å². The van der Waals surface area contributed by atoms with Crippen LogP contribution in [0.5, 0.6) is 5.75 Å². The first-order valence-electron chi connectivity index (χ1n) is 9.90. The number of nitrogens with zero attached hydrogens (tertiary/aromatic N) is 2. The van der Waals surface area contributed by atoms with E-state index in [1.54, 1.807) is 18.2 Å². The lowest BCUT2D eigenvalue weighted by Gasteiger charge is -2.36. The molecule has 1 aliphatic rings. The number of nitrogens with one attached hydrogen (secondary N) is 2. The van der Waals surface area contributed by atoms with E-state index < -0.39 is 30.2 Å². The van der Waals surface area contributed by atoms with Gasteiger partial charge in [-0.3, -0.25) is 0 Å². The Morgan fingerprint density at radius 3 is 2.64 bits per heavy atom. The second-order valence-electron chi connectivity index (χ2n) is 7.17. The average Bonchev–Trinajstić information content (AvgIpc) is 3.26. The van der Waals surface area contributed by atoms with Crippen LogP contribution in [0.25, 0.3) is 0 Å². The van der Waals surface area contributed by atoms with E-state index in [4.69, 9.17) is 4.74 Å². The Hall–Kier alpha value is -4.02. The molecule has 2 aromatic carbocycles. The highest BCUT2D eigenvalue weighted by atomic mass is 19.4. The summed E-state index contributed by atoms with van der Waals surface area (Å²) in [7, 11) is 1.22. The largest absolute Gasteiger partial charge is 0.573 e. The molecule has 3 aromatic rings. The lowest BCUT2D eigenvalue weighted by molar-refractivity contribution is -0.275. The molecule has 0 unspecified atom stereocenters. The molecule has 0 fully saturated rings. The molecule has 11 heteroatoms. The van der Waals surface area contributed by atoms with Crippen molar-refractivity contribution >= 4 is 17.7 Å². The topological polar surface area (TPSA) is 96.6 Å². The van der Waals surface area contributed by atoms with Crippen LogP contribution < -0.4 is 10.1 Å². The molecule has 2 heterocycles. The van der Waals surface area contributed by atoms with Crippen LogP contribution in [-0.4, -0.2) is 46.9 Å². The molecule has 0 saturated carbocycles. The number of hydrogen-bond donors (Lipinski definition) is 2. The van der Waals surface area contributed by atoms with Gasteiger partial charge in [0.1, 0.15) is 11.8 Å². The van der Waals surface area contributed by atoms with E-state index in [1.807, 2.05) is 0 Å². The number of imidazole rings is 1. The molecule has 1 aliphatic heterocycles. The van der Waals surface area contributed by atoms with Crippen LogP contribution in [0.1, 0.15) is 33.4 Å². The SMILES string of the molecule is COC(=O)c1ccccc1NC(=O)N1CCc2[nH]cnc2[C@@H]1c1ccccc1OC(F)(F)F. The lowest BCUT2D eigenvalue weighted by atomic mass is 9.95. The Morgan fingerprint density at radius 1 is 1.15 bits per heavy atom. The molecule has 0 spiro atoms. The summed E-state index contributed by atoms with van der Waals surface area (Å²) in [6, 6.07) is 10.3. The molecule has 172 valence electrons. The molecule has 2 N–H and O–H groups in total. The number of amides is 2. The Labute approximate surface area is 186 Å². The second-order valence-corrected chi connectivity index (χ2v) is 7.17. The minimum absolute atomic E-state index is 0.124. The van der Waals surface area contributed by atoms with Crippen molar-refractivity contribution in [3.63, 3.8) is 0 Å². The first-order chi connectivity index (χ1) is 15.8. The van der Waals surface area contributed by atoms with Crippen molar-refractivity contribution < 1.29 is 32.2 Å². The molecule has 0 radical (unpaired) electrons. The molecule has 1 aromatic heterocycles. The maximum Gasteiger partial charge on any atom is 0.573 e. The van der Waals surface area contributed by atoms with Gasteiger partial charge in [-0.1, -0.05) is 30.3 Å². The minimum Gasteiger partial charge on any atom is -0.465 e. The Bertz CT molecular complexity index is 1180. The molecular weight excluding hydrogens is 441 g/mol. The number of hydrogen-bond acceptors (Lipinski definition) is 5. The van der Waals surface area contributed by atoms with E-state index in [1.165, 1.54) is 48.7 Å². The van der Waals surface area contributed by atoms with Crippen LogP contribution in [0.4, 0.5) is 23.7 Å². The van der Waals surface area contributed by atoms with Gasteiger partial charge < -0.3 is 24.7 Å². The number of para-hydroxylation sites is 2. The smallest absolute Gasteiger partial charge is 0.465 e. The number of halogens is 3. The third-order valence-corrected chi connectivity index (χ3v) is 5.20. The number of benzene rings is 2. The fourth-order valence-electron chi connectivity index (χ4n) is 3.80. The highest BCUT2D eigenvalue weighted by molar-refractivity contribution is 6.01. The number of esters is 1. The number of carbonyl (C=O) groups is 2. The Balaban J connectivity index is 1.72. The summed E-state index contributed by atoms with van der Waals surface area (Å²) in [6.45, 7) is 0.187. The predicted octanol–water partition coefficient (Wildman–Crippen LogP) is 4.27. The number of alkyl halides is 3. The van der Waals surface area contributed by atoms with Crippen LogP contribution in [0, 0.1) is 0 Å². The van der Waals surface area contributed by atoms with Gasteiger partial charge in [-0.05, 0) is 18.2 Å². The number of carbonyl (C=O) groups excluding carboxylic acids is 2. The third-order valence-electron chi connectivity index (χ3n) is 5.20. The number of H-pyrrole nitrogens is 1. The zero-order valence-corrected chi connectivity index (χ0v) is 17.3. The number of anilines is 1. The van der Waals surface area contributed by atoms with E-state index in [0.29, 0.717) is 17.8 Å². The molecule has 1 atom stereocenters. The second kappa shape index (κ2) is 8.85. The molecule has 2 amide bonds. The standard InChI is InChI=1S/C22H19F3N4O4/c1-32-20(30)13-6-2-4-8-15(13)28-21(31)29-11-10-16-18(27-12-26-16)19(29)14-7-3-5-9-17(14)33-22(23,24)25/h2-9,12,19H,10-11H2,1H3,(H,26,27)(H,28,31)/t19-/m0/s1. The van der Waals surface area contributed by atoms with Crippen molar-refractivity contribution in [3.8, 4) is 5.75 Å². The van der Waals surface area contributed by atoms with Gasteiger partial charge in [-0.2, -0.15) is 0 Å². The zero-order valence-electron chi connectivity index (χ0n) is 17.3. The minimum atomic E-state index is -4.91. The number of aromatic nitrogens is 2. The lowest BCUT2D eigenvalue weighted by Crippen LogP contribution is -2.43. The fraction of sp³-hybridized carbons (Fsp3) is 0.227. The van der Waals surface area contributed by atoms with Gasteiger partial charge in [0.15, 0.2) is 0 Å². The Kier molecular flexibility index (Phi) is 5.95. The Morgan fingerprint density at radius 2 is 1.88 bits per heavy atom. The molecule has 4 rings (SSSR count). The third kappa shape index (κ3) is 4.61. The number of fused-ring (bicyclic) bond motifs is 1. The van der Waals surface area contributed by atoms with Gasteiger partial charge in [-0.25, -0.2) is 14.6 Å². The zero-order chi connectivity index (χ0) is 23.6. The van der Waals surface area contributed by atoms with Gasteiger partial charge >= 0.3 is 18.4 Å². The fourth-order valence-corrected chi connectivity index (χ4v) is 3.80. The summed E-state index contributed by atoms with van der Waals surface area (Å²) in [6.07, 6.45) is -3.06. The summed E-state index contributed by atoms with van der Waals surface area (Å²) in [4.78, 5) is 34.0. The summed E-state index contributed by atoms with van der Waals surface area (Å²) >= 11 is 0. The first-order valence-corrected chi connectivity index (χ1v) is 9.90. The van der Waals surface area contributed by atoms with Crippen molar-refractivity contribution in [2.75, 3.05) is 19.0 Å². The quantitative estimate of drug-likeness (QED) is 0.567. The van der Waals surface area contributed by atoms with Crippen LogP contribution in [0.3, 0.4) is 0 Å². The van der Waals surface area contributed by atoms with Crippen molar-refractivity contribution in [1.29, 1.82) is 0 Å². The van der Waals surface area contributed by atoms with E-state index in [2.05, 4.69) is 20.0 Å². The monoisotopic (exact) mass is 460 g/mol. The van der Waals surface area contributed by atoms with Crippen LogP contribution in [0.15, 0.2) is 54.9 Å². The molecular formula is C22H19F3N4O4. The molecule has 0 aliphatic carbocycles. The average molecular weight is 460 g/mol. The van der Waals surface area contributed by atoms with Crippen molar-refractivity contribution in [1.82, 2.24) is 14.9 Å². The van der Waals surface area contributed by atoms with Crippen LogP contribution >= 0.6 is 0 Å². The number of rotatable bonds is 4. The van der Waals surface area contributed by atoms with Gasteiger partial charge in [0.2, 0.25) is 0 Å². The molecule has 33 heavy (non-hydrogen) atoms.